The first-order valence-electron chi connectivity index (χ1n) is 6.19. The molecule has 0 saturated heterocycles. The smallest absolute Gasteiger partial charge is 0.128 e. The quantitative estimate of drug-likeness (QED) is 0.681. The van der Waals surface area contributed by atoms with Crippen LogP contribution in [0.4, 0.5) is 11.6 Å². The summed E-state index contributed by atoms with van der Waals surface area (Å²) in [7, 11) is 1.85. The average Bonchev–Trinajstić information content (AvgIpc) is 2.41. The maximum Gasteiger partial charge on any atom is 0.128 e. The van der Waals surface area contributed by atoms with Crippen molar-refractivity contribution in [2.45, 2.75) is 26.7 Å². The molecule has 4 heteroatoms. The van der Waals surface area contributed by atoms with Gasteiger partial charge >= 0.3 is 0 Å². The van der Waals surface area contributed by atoms with Crippen LogP contribution in [-0.2, 0) is 0 Å². The van der Waals surface area contributed by atoms with Crippen LogP contribution in [0.2, 0.25) is 0 Å². The Bertz CT molecular complexity index is 329. The van der Waals surface area contributed by atoms with Gasteiger partial charge in [0.15, 0.2) is 0 Å². The van der Waals surface area contributed by atoms with E-state index in [-0.39, 0.29) is 12.0 Å². The van der Waals surface area contributed by atoms with Crippen molar-refractivity contribution in [2.75, 3.05) is 30.8 Å². The molecule has 0 radical (unpaired) electrons. The van der Waals surface area contributed by atoms with Gasteiger partial charge in [-0.25, -0.2) is 4.98 Å². The number of nitrogens with zero attached hydrogens (tertiary/aromatic N) is 1. The molecule has 1 rings (SSSR count). The molecule has 0 aromatic carbocycles. The molecule has 0 aliphatic carbocycles. The van der Waals surface area contributed by atoms with Crippen molar-refractivity contribution >= 4 is 11.6 Å². The molecule has 0 aliphatic heterocycles. The normalized spacial score (nSPS) is 11.3. The van der Waals surface area contributed by atoms with Gasteiger partial charge in [0.1, 0.15) is 11.6 Å². The summed E-state index contributed by atoms with van der Waals surface area (Å²) >= 11 is 0. The molecule has 0 fully saturated rings. The van der Waals surface area contributed by atoms with Gasteiger partial charge in [0.05, 0.1) is 6.61 Å². The molecular weight excluding hydrogens is 214 g/mol. The van der Waals surface area contributed by atoms with Gasteiger partial charge in [-0.2, -0.15) is 0 Å². The minimum Gasteiger partial charge on any atom is -0.396 e. The van der Waals surface area contributed by atoms with E-state index >= 15 is 0 Å². The number of aliphatic hydroxyl groups excluding tert-OH is 1. The first-order chi connectivity index (χ1) is 8.19. The minimum absolute atomic E-state index is 0.0443. The van der Waals surface area contributed by atoms with E-state index in [9.17, 15) is 5.11 Å². The SMILES string of the molecule is CCC(CC)(CO)CNc1cccc(NC)n1. The molecule has 3 N–H and O–H groups in total. The molecule has 17 heavy (non-hydrogen) atoms. The van der Waals surface area contributed by atoms with E-state index in [1.54, 1.807) is 0 Å². The third-order valence-corrected chi connectivity index (χ3v) is 3.49. The van der Waals surface area contributed by atoms with Crippen LogP contribution < -0.4 is 10.6 Å². The van der Waals surface area contributed by atoms with Crippen molar-refractivity contribution in [3.8, 4) is 0 Å². The van der Waals surface area contributed by atoms with Gasteiger partial charge in [0.25, 0.3) is 0 Å². The Balaban J connectivity index is 2.65. The second-order valence-corrected chi connectivity index (χ2v) is 4.38. The maximum absolute atomic E-state index is 9.48. The lowest BCUT2D eigenvalue weighted by molar-refractivity contribution is 0.127. The third-order valence-electron chi connectivity index (χ3n) is 3.49. The number of hydrogen-bond acceptors (Lipinski definition) is 4. The Kier molecular flexibility index (Phi) is 5.22. The van der Waals surface area contributed by atoms with E-state index in [1.807, 2.05) is 25.2 Å². The molecule has 0 amide bonds. The van der Waals surface area contributed by atoms with Gasteiger partial charge in [-0.3, -0.25) is 0 Å². The summed E-state index contributed by atoms with van der Waals surface area (Å²) in [6.45, 7) is 5.17. The van der Waals surface area contributed by atoms with E-state index < -0.39 is 0 Å². The summed E-state index contributed by atoms with van der Waals surface area (Å²) in [4.78, 5) is 4.39. The largest absolute Gasteiger partial charge is 0.396 e. The summed E-state index contributed by atoms with van der Waals surface area (Å²) in [5.74, 6) is 1.69. The van der Waals surface area contributed by atoms with Crippen molar-refractivity contribution in [3.63, 3.8) is 0 Å². The second-order valence-electron chi connectivity index (χ2n) is 4.38. The molecule has 1 heterocycles. The average molecular weight is 237 g/mol. The summed E-state index contributed by atoms with van der Waals surface area (Å²) in [6.07, 6.45) is 1.91. The Labute approximate surface area is 103 Å². The summed E-state index contributed by atoms with van der Waals surface area (Å²) in [6, 6.07) is 5.82. The lowest BCUT2D eigenvalue weighted by Crippen LogP contribution is -2.32. The molecule has 0 saturated carbocycles. The highest BCUT2D eigenvalue weighted by Crippen LogP contribution is 2.25. The van der Waals surface area contributed by atoms with Crippen molar-refractivity contribution in [2.24, 2.45) is 5.41 Å². The Morgan fingerprint density at radius 1 is 1.24 bits per heavy atom. The van der Waals surface area contributed by atoms with Crippen LogP contribution in [0, 0.1) is 5.41 Å². The van der Waals surface area contributed by atoms with Crippen LogP contribution in [0.1, 0.15) is 26.7 Å². The molecule has 4 nitrogen and oxygen atoms in total. The molecule has 96 valence electrons. The summed E-state index contributed by atoms with van der Waals surface area (Å²) in [5.41, 5.74) is -0.0443. The van der Waals surface area contributed by atoms with E-state index in [1.165, 1.54) is 0 Å². The molecule has 0 atom stereocenters. The fourth-order valence-corrected chi connectivity index (χ4v) is 1.73. The Hall–Kier alpha value is -1.29. The number of anilines is 2. The lowest BCUT2D eigenvalue weighted by atomic mass is 9.83. The van der Waals surface area contributed by atoms with Crippen LogP contribution in [0.25, 0.3) is 0 Å². The lowest BCUT2D eigenvalue weighted by Gasteiger charge is -2.29. The monoisotopic (exact) mass is 237 g/mol. The maximum atomic E-state index is 9.48. The molecule has 1 aromatic rings. The highest BCUT2D eigenvalue weighted by Gasteiger charge is 2.24. The Morgan fingerprint density at radius 2 is 1.88 bits per heavy atom. The second kappa shape index (κ2) is 6.45. The van der Waals surface area contributed by atoms with Gasteiger partial charge in [0, 0.05) is 19.0 Å². The zero-order valence-corrected chi connectivity index (χ0v) is 11.0. The number of pyridine rings is 1. The molecule has 0 aliphatic rings. The molecule has 0 unspecified atom stereocenters. The van der Waals surface area contributed by atoms with Crippen molar-refractivity contribution < 1.29 is 5.11 Å². The predicted octanol–water partition coefficient (Wildman–Crippen LogP) is 2.33. The topological polar surface area (TPSA) is 57.2 Å². The molecule has 1 aromatic heterocycles. The van der Waals surface area contributed by atoms with Crippen molar-refractivity contribution in [1.82, 2.24) is 4.98 Å². The van der Waals surface area contributed by atoms with Crippen molar-refractivity contribution in [1.29, 1.82) is 0 Å². The highest BCUT2D eigenvalue weighted by atomic mass is 16.3. The van der Waals surface area contributed by atoms with Crippen LogP contribution in [-0.4, -0.2) is 30.3 Å². The fourth-order valence-electron chi connectivity index (χ4n) is 1.73. The van der Waals surface area contributed by atoms with Crippen molar-refractivity contribution in [3.05, 3.63) is 18.2 Å². The molecule has 0 spiro atoms. The number of hydrogen-bond donors (Lipinski definition) is 3. The number of aromatic nitrogens is 1. The van der Waals surface area contributed by atoms with Crippen LogP contribution in [0.5, 0.6) is 0 Å². The van der Waals surface area contributed by atoms with Gasteiger partial charge in [0.2, 0.25) is 0 Å². The van der Waals surface area contributed by atoms with Crippen LogP contribution >= 0.6 is 0 Å². The standard InChI is InChI=1S/C13H23N3O/c1-4-13(5-2,10-17)9-15-12-8-6-7-11(14-3)16-12/h6-8,17H,4-5,9-10H2,1-3H3,(H2,14,15,16). The summed E-state index contributed by atoms with van der Waals surface area (Å²) < 4.78 is 0. The Morgan fingerprint density at radius 3 is 2.41 bits per heavy atom. The zero-order valence-electron chi connectivity index (χ0n) is 11.0. The molecule has 0 bridgehead atoms. The first-order valence-corrected chi connectivity index (χ1v) is 6.19. The van der Waals surface area contributed by atoms with E-state index in [0.29, 0.717) is 0 Å². The number of nitrogens with one attached hydrogen (secondary N) is 2. The van der Waals surface area contributed by atoms with E-state index in [2.05, 4.69) is 29.5 Å². The van der Waals surface area contributed by atoms with E-state index in [0.717, 1.165) is 31.0 Å². The van der Waals surface area contributed by atoms with Gasteiger partial charge in [-0.05, 0) is 25.0 Å². The fraction of sp³-hybridized carbons (Fsp3) is 0.615. The molecular formula is C13H23N3O. The highest BCUT2D eigenvalue weighted by molar-refractivity contribution is 5.44. The predicted molar refractivity (Wildman–Crippen MR) is 72.4 cm³/mol. The zero-order chi connectivity index (χ0) is 12.7. The van der Waals surface area contributed by atoms with E-state index in [4.69, 9.17) is 0 Å². The van der Waals surface area contributed by atoms with Crippen LogP contribution in [0.3, 0.4) is 0 Å². The minimum atomic E-state index is -0.0443. The van der Waals surface area contributed by atoms with Gasteiger partial charge < -0.3 is 15.7 Å². The third kappa shape index (κ3) is 3.60. The first kappa shape index (κ1) is 13.8. The van der Waals surface area contributed by atoms with Crippen LogP contribution in [0.15, 0.2) is 18.2 Å². The summed E-state index contributed by atoms with van der Waals surface area (Å²) in [5, 5.41) is 15.8. The van der Waals surface area contributed by atoms with Gasteiger partial charge in [-0.1, -0.05) is 19.9 Å². The number of aliphatic hydroxyl groups is 1. The van der Waals surface area contributed by atoms with Gasteiger partial charge in [-0.15, -0.1) is 0 Å². The number of rotatable bonds is 7.